The van der Waals surface area contributed by atoms with Crippen molar-refractivity contribution in [2.45, 2.75) is 27.3 Å². The third kappa shape index (κ3) is 3.61. The minimum Gasteiger partial charge on any atom is -0.302 e. The highest BCUT2D eigenvalue weighted by Crippen LogP contribution is 2.01. The van der Waals surface area contributed by atoms with Crippen molar-refractivity contribution in [3.8, 4) is 0 Å². The summed E-state index contributed by atoms with van der Waals surface area (Å²) in [4.78, 5) is 13.9. The van der Waals surface area contributed by atoms with E-state index in [-0.39, 0.29) is 4.87 Å². The first-order chi connectivity index (χ1) is 7.54. The number of nitrogens with zero attached hydrogens (tertiary/aromatic N) is 2. The van der Waals surface area contributed by atoms with Gasteiger partial charge < -0.3 is 4.57 Å². The van der Waals surface area contributed by atoms with Gasteiger partial charge in [-0.2, -0.15) is 0 Å². The fraction of sp³-hybridized carbons (Fsp3) is 0.583. The highest BCUT2D eigenvalue weighted by Gasteiger charge is 2.06. The molecule has 90 valence electrons. The number of hydrogen-bond acceptors (Lipinski definition) is 3. The molecule has 4 heteroatoms. The van der Waals surface area contributed by atoms with Gasteiger partial charge in [0.25, 0.3) is 0 Å². The predicted octanol–water partition coefficient (Wildman–Crippen LogP) is 2.12. The molecule has 1 aromatic rings. The Bertz CT molecular complexity index is 405. The lowest BCUT2D eigenvalue weighted by Crippen LogP contribution is -2.31. The van der Waals surface area contributed by atoms with E-state index in [1.54, 1.807) is 0 Å². The summed E-state index contributed by atoms with van der Waals surface area (Å²) in [5, 5.41) is 1.91. The van der Waals surface area contributed by atoms with E-state index < -0.39 is 0 Å². The zero-order valence-corrected chi connectivity index (χ0v) is 11.1. The first kappa shape index (κ1) is 13.2. The van der Waals surface area contributed by atoms with E-state index in [2.05, 4.69) is 18.4 Å². The molecule has 0 unspecified atom stereocenters. The van der Waals surface area contributed by atoms with Gasteiger partial charge in [-0.05, 0) is 20.4 Å². The third-order valence-electron chi connectivity index (χ3n) is 2.56. The van der Waals surface area contributed by atoms with Gasteiger partial charge in [-0.3, -0.25) is 9.69 Å². The van der Waals surface area contributed by atoms with E-state index in [1.807, 2.05) is 23.8 Å². The van der Waals surface area contributed by atoms with E-state index in [0.717, 1.165) is 37.4 Å². The third-order valence-corrected chi connectivity index (χ3v) is 3.44. The van der Waals surface area contributed by atoms with Crippen LogP contribution in [0.25, 0.3) is 0 Å². The van der Waals surface area contributed by atoms with Crippen molar-refractivity contribution >= 4 is 11.3 Å². The van der Waals surface area contributed by atoms with Crippen LogP contribution in [0, 0.1) is 6.92 Å². The SMILES string of the molecule is C=C(C)CN(CC)CCn1c(C)csc1=O. The maximum atomic E-state index is 11.5. The van der Waals surface area contributed by atoms with Gasteiger partial charge in [0.05, 0.1) is 0 Å². The standard InChI is InChI=1S/C12H20N2OS/c1-5-13(8-10(2)3)6-7-14-11(4)9-16-12(14)15/h9H,2,5-8H2,1,3-4H3. The van der Waals surface area contributed by atoms with Crippen LogP contribution in [-0.2, 0) is 6.54 Å². The molecule has 1 aromatic heterocycles. The molecule has 0 aliphatic heterocycles. The number of likely N-dealkylation sites (N-methyl/N-ethyl adjacent to an activating group) is 1. The molecule has 0 saturated carbocycles. The fourth-order valence-electron chi connectivity index (χ4n) is 1.65. The van der Waals surface area contributed by atoms with Crippen LogP contribution in [0.2, 0.25) is 0 Å². The first-order valence-corrected chi connectivity index (χ1v) is 6.44. The Hall–Kier alpha value is -0.870. The minimum absolute atomic E-state index is 0.142. The Balaban J connectivity index is 2.56. The monoisotopic (exact) mass is 240 g/mol. The van der Waals surface area contributed by atoms with Crippen LogP contribution in [0.4, 0.5) is 0 Å². The Labute approximate surface area is 101 Å². The van der Waals surface area contributed by atoms with Crippen LogP contribution in [0.5, 0.6) is 0 Å². The number of aryl methyl sites for hydroxylation is 1. The summed E-state index contributed by atoms with van der Waals surface area (Å²) in [6.45, 7) is 13.6. The maximum absolute atomic E-state index is 11.5. The molecular weight excluding hydrogens is 220 g/mol. The Kier molecular flexibility index (Phi) is 4.96. The molecule has 1 rings (SSSR count). The summed E-state index contributed by atoms with van der Waals surface area (Å²) in [6.07, 6.45) is 0. The molecule has 0 aliphatic carbocycles. The van der Waals surface area contributed by atoms with Gasteiger partial charge in [-0.15, -0.1) is 0 Å². The average Bonchev–Trinajstić information content (AvgIpc) is 2.53. The van der Waals surface area contributed by atoms with Crippen molar-refractivity contribution in [1.82, 2.24) is 9.47 Å². The summed E-state index contributed by atoms with van der Waals surface area (Å²) in [5.74, 6) is 0. The molecule has 16 heavy (non-hydrogen) atoms. The van der Waals surface area contributed by atoms with Gasteiger partial charge in [0.15, 0.2) is 0 Å². The van der Waals surface area contributed by atoms with Gasteiger partial charge in [-0.1, -0.05) is 30.4 Å². The molecule has 0 radical (unpaired) electrons. The number of rotatable bonds is 6. The van der Waals surface area contributed by atoms with Crippen molar-refractivity contribution in [3.63, 3.8) is 0 Å². The number of aromatic nitrogens is 1. The Morgan fingerprint density at radius 2 is 2.31 bits per heavy atom. The zero-order chi connectivity index (χ0) is 12.1. The molecule has 0 amide bonds. The molecule has 0 bridgehead atoms. The molecule has 0 saturated heterocycles. The van der Waals surface area contributed by atoms with Crippen molar-refractivity contribution < 1.29 is 0 Å². The smallest absolute Gasteiger partial charge is 0.302 e. The average molecular weight is 240 g/mol. The summed E-state index contributed by atoms with van der Waals surface area (Å²) >= 11 is 1.28. The first-order valence-electron chi connectivity index (χ1n) is 5.56. The lowest BCUT2D eigenvalue weighted by Gasteiger charge is -2.20. The summed E-state index contributed by atoms with van der Waals surface area (Å²) in [7, 11) is 0. The van der Waals surface area contributed by atoms with E-state index in [9.17, 15) is 4.79 Å². The summed E-state index contributed by atoms with van der Waals surface area (Å²) < 4.78 is 1.84. The highest BCUT2D eigenvalue weighted by molar-refractivity contribution is 7.07. The molecular formula is C12H20N2OS. The maximum Gasteiger partial charge on any atom is 0.307 e. The second-order valence-corrected chi connectivity index (χ2v) is 4.94. The van der Waals surface area contributed by atoms with Gasteiger partial charge in [0, 0.05) is 30.7 Å². The van der Waals surface area contributed by atoms with Crippen molar-refractivity contribution in [2.75, 3.05) is 19.6 Å². The quantitative estimate of drug-likeness (QED) is 0.712. The molecule has 3 nitrogen and oxygen atoms in total. The molecule has 1 heterocycles. The normalized spacial score (nSPS) is 11.0. The molecule has 0 aromatic carbocycles. The number of thiazole rings is 1. The lowest BCUT2D eigenvalue weighted by molar-refractivity contribution is 0.297. The van der Waals surface area contributed by atoms with Crippen LogP contribution in [0.1, 0.15) is 19.5 Å². The molecule has 0 N–H and O–H groups in total. The largest absolute Gasteiger partial charge is 0.307 e. The van der Waals surface area contributed by atoms with Crippen LogP contribution in [0.3, 0.4) is 0 Å². The lowest BCUT2D eigenvalue weighted by atomic mass is 10.3. The second kappa shape index (κ2) is 6.01. The zero-order valence-electron chi connectivity index (χ0n) is 10.3. The van der Waals surface area contributed by atoms with Crippen LogP contribution >= 0.6 is 11.3 Å². The molecule has 0 spiro atoms. The van der Waals surface area contributed by atoms with E-state index >= 15 is 0 Å². The molecule has 0 aliphatic rings. The van der Waals surface area contributed by atoms with E-state index in [1.165, 1.54) is 11.3 Å². The highest BCUT2D eigenvalue weighted by atomic mass is 32.1. The van der Waals surface area contributed by atoms with Gasteiger partial charge in [0.1, 0.15) is 0 Å². The topological polar surface area (TPSA) is 25.2 Å². The van der Waals surface area contributed by atoms with E-state index in [0.29, 0.717) is 0 Å². The van der Waals surface area contributed by atoms with Crippen molar-refractivity contribution in [2.24, 2.45) is 0 Å². The molecule has 0 fully saturated rings. The fourth-order valence-corrected chi connectivity index (χ4v) is 2.41. The summed E-state index contributed by atoms with van der Waals surface area (Å²) in [6, 6.07) is 0. The van der Waals surface area contributed by atoms with Gasteiger partial charge in [-0.25, -0.2) is 0 Å². The van der Waals surface area contributed by atoms with Crippen molar-refractivity contribution in [3.05, 3.63) is 32.9 Å². The number of hydrogen-bond donors (Lipinski definition) is 0. The minimum atomic E-state index is 0.142. The Morgan fingerprint density at radius 3 is 2.75 bits per heavy atom. The predicted molar refractivity (Wildman–Crippen MR) is 70.2 cm³/mol. The van der Waals surface area contributed by atoms with Gasteiger partial charge >= 0.3 is 4.87 Å². The second-order valence-electron chi connectivity index (χ2n) is 4.12. The van der Waals surface area contributed by atoms with Crippen LogP contribution in [-0.4, -0.2) is 29.1 Å². The molecule has 0 atom stereocenters. The van der Waals surface area contributed by atoms with Crippen LogP contribution < -0.4 is 4.87 Å². The van der Waals surface area contributed by atoms with Crippen LogP contribution in [0.15, 0.2) is 22.3 Å². The van der Waals surface area contributed by atoms with Crippen molar-refractivity contribution in [1.29, 1.82) is 0 Å². The summed E-state index contributed by atoms with van der Waals surface area (Å²) in [5.41, 5.74) is 2.22. The van der Waals surface area contributed by atoms with Gasteiger partial charge in [0.2, 0.25) is 0 Å². The Morgan fingerprint density at radius 1 is 1.62 bits per heavy atom. The van der Waals surface area contributed by atoms with E-state index in [4.69, 9.17) is 0 Å².